The van der Waals surface area contributed by atoms with Crippen LogP contribution in [-0.4, -0.2) is 19.8 Å². The molecule has 2 rings (SSSR count). The summed E-state index contributed by atoms with van der Waals surface area (Å²) < 4.78 is 75.5. The molecule has 130 valence electrons. The van der Waals surface area contributed by atoms with Gasteiger partial charge >= 0.3 is 12.4 Å². The molecule has 0 radical (unpaired) electrons. The molecule has 0 saturated heterocycles. The highest BCUT2D eigenvalue weighted by atomic mass is 32.2. The molecule has 24 heavy (non-hydrogen) atoms. The Morgan fingerprint density at radius 3 is 2.21 bits per heavy atom. The maximum atomic E-state index is 12.6. The molecule has 2 aromatic rings. The molecular weight excluding hydrogens is 368 g/mol. The Morgan fingerprint density at radius 2 is 1.75 bits per heavy atom. The zero-order valence-electron chi connectivity index (χ0n) is 11.1. The number of nitrogens with zero attached hydrogens (tertiary/aromatic N) is 4. The van der Waals surface area contributed by atoms with Gasteiger partial charge in [-0.3, -0.25) is 10.1 Å². The first-order valence-corrected chi connectivity index (χ1v) is 6.54. The first-order chi connectivity index (χ1) is 10.9. The van der Waals surface area contributed by atoms with Gasteiger partial charge in [-0.05, 0) is 23.9 Å². The number of alkyl halides is 6. The number of benzene rings is 1. The highest BCUT2D eigenvalue weighted by molar-refractivity contribution is 7.99. The number of hydrogen-bond donors (Lipinski definition) is 1. The van der Waals surface area contributed by atoms with Crippen molar-refractivity contribution in [3.05, 3.63) is 39.7 Å². The van der Waals surface area contributed by atoms with E-state index in [4.69, 9.17) is 5.84 Å². The molecule has 0 aliphatic heterocycles. The first-order valence-electron chi connectivity index (χ1n) is 5.72. The number of halogens is 6. The first kappa shape index (κ1) is 17.8. The topological polar surface area (TPSA) is 99.9 Å². The van der Waals surface area contributed by atoms with Crippen LogP contribution in [0.2, 0.25) is 0 Å². The van der Waals surface area contributed by atoms with Crippen LogP contribution in [0, 0.1) is 10.1 Å². The van der Waals surface area contributed by atoms with E-state index in [9.17, 15) is 36.5 Å². The number of aromatic nitrogens is 3. The molecule has 1 aromatic carbocycles. The van der Waals surface area contributed by atoms with Gasteiger partial charge in [0, 0.05) is 6.07 Å². The van der Waals surface area contributed by atoms with Gasteiger partial charge < -0.3 is 5.84 Å². The molecule has 0 aliphatic carbocycles. The lowest BCUT2D eigenvalue weighted by Crippen LogP contribution is -2.21. The lowest BCUT2D eigenvalue weighted by molar-refractivity contribution is -0.388. The van der Waals surface area contributed by atoms with Gasteiger partial charge in [0.2, 0.25) is 5.16 Å². The van der Waals surface area contributed by atoms with Gasteiger partial charge in [0.25, 0.3) is 11.5 Å². The van der Waals surface area contributed by atoms with Crippen LogP contribution >= 0.6 is 11.8 Å². The van der Waals surface area contributed by atoms with Crippen LogP contribution in [0.1, 0.15) is 11.4 Å². The van der Waals surface area contributed by atoms with E-state index in [1.54, 1.807) is 0 Å². The third kappa shape index (κ3) is 3.52. The van der Waals surface area contributed by atoms with Gasteiger partial charge in [-0.1, -0.05) is 0 Å². The Morgan fingerprint density at radius 1 is 1.12 bits per heavy atom. The largest absolute Gasteiger partial charge is 0.453 e. The van der Waals surface area contributed by atoms with Crippen molar-refractivity contribution >= 4 is 17.4 Å². The van der Waals surface area contributed by atoms with E-state index in [2.05, 4.69) is 10.2 Å². The van der Waals surface area contributed by atoms with Crippen LogP contribution in [0.4, 0.5) is 32.0 Å². The number of nitro benzene ring substituents is 1. The highest BCUT2D eigenvalue weighted by Crippen LogP contribution is 2.39. The van der Waals surface area contributed by atoms with Crippen molar-refractivity contribution < 1.29 is 31.3 Å². The van der Waals surface area contributed by atoms with E-state index < -0.39 is 39.5 Å². The lowest BCUT2D eigenvalue weighted by atomic mass is 10.2. The van der Waals surface area contributed by atoms with Gasteiger partial charge in [-0.15, -0.1) is 10.2 Å². The van der Waals surface area contributed by atoms with E-state index >= 15 is 0 Å². The predicted octanol–water partition coefficient (Wildman–Crippen LogP) is 3.09. The van der Waals surface area contributed by atoms with Gasteiger partial charge in [-0.2, -0.15) is 26.3 Å². The van der Waals surface area contributed by atoms with E-state index in [-0.39, 0.29) is 27.4 Å². The van der Waals surface area contributed by atoms with E-state index in [1.165, 1.54) is 0 Å². The quantitative estimate of drug-likeness (QED) is 0.384. The summed E-state index contributed by atoms with van der Waals surface area (Å²) in [4.78, 5) is 9.44. The maximum Gasteiger partial charge on any atom is 0.453 e. The van der Waals surface area contributed by atoms with Gasteiger partial charge in [0.15, 0.2) is 0 Å². The Hall–Kier alpha value is -2.51. The van der Waals surface area contributed by atoms with Crippen molar-refractivity contribution in [2.45, 2.75) is 22.4 Å². The molecule has 0 unspecified atom stereocenters. The molecule has 2 N–H and O–H groups in total. The van der Waals surface area contributed by atoms with Crippen LogP contribution in [-0.2, 0) is 12.4 Å². The van der Waals surface area contributed by atoms with Gasteiger partial charge in [0.05, 0.1) is 15.4 Å². The van der Waals surface area contributed by atoms with Crippen molar-refractivity contribution in [3.8, 4) is 0 Å². The number of rotatable bonds is 3. The summed E-state index contributed by atoms with van der Waals surface area (Å²) in [5.41, 5.74) is -2.23. The van der Waals surface area contributed by atoms with Gasteiger partial charge in [0.1, 0.15) is 0 Å². The average Bonchev–Trinajstić information content (AvgIpc) is 2.79. The van der Waals surface area contributed by atoms with Crippen LogP contribution in [0.5, 0.6) is 0 Å². The molecule has 0 spiro atoms. The van der Waals surface area contributed by atoms with Crippen LogP contribution in [0.3, 0.4) is 0 Å². The van der Waals surface area contributed by atoms with E-state index in [0.29, 0.717) is 6.07 Å². The molecule has 14 heteroatoms. The smallest absolute Gasteiger partial charge is 0.335 e. The van der Waals surface area contributed by atoms with Crippen LogP contribution in [0.25, 0.3) is 0 Å². The predicted molar refractivity (Wildman–Crippen MR) is 67.4 cm³/mol. The minimum absolute atomic E-state index is 0.0477. The fourth-order valence-corrected chi connectivity index (χ4v) is 2.40. The van der Waals surface area contributed by atoms with E-state index in [0.717, 1.165) is 6.07 Å². The molecule has 0 fully saturated rings. The number of hydrogen-bond acceptors (Lipinski definition) is 6. The molecule has 0 atom stereocenters. The second-order valence-electron chi connectivity index (χ2n) is 4.21. The zero-order chi connectivity index (χ0) is 18.3. The molecule has 0 amide bonds. The summed E-state index contributed by atoms with van der Waals surface area (Å²) in [6.45, 7) is 0. The van der Waals surface area contributed by atoms with Crippen LogP contribution in [0.15, 0.2) is 28.3 Å². The summed E-state index contributed by atoms with van der Waals surface area (Å²) in [5, 5.41) is 16.3. The fraction of sp³-hybridized carbons (Fsp3) is 0.200. The molecule has 7 nitrogen and oxygen atoms in total. The second kappa shape index (κ2) is 5.85. The Labute approximate surface area is 132 Å². The standard InChI is InChI=1S/C10H5F6N5O2S/c11-9(12,13)4-1-2-6(5(3-4)21(22)23)24-8-19-18-7(20(8)17)10(14,15)16/h1-3H,17H2. The average molecular weight is 373 g/mol. The summed E-state index contributed by atoms with van der Waals surface area (Å²) in [5.74, 6) is 3.61. The molecule has 0 bridgehead atoms. The molecular formula is C10H5F6N5O2S. The Bertz CT molecular complexity index is 787. The monoisotopic (exact) mass is 373 g/mol. The van der Waals surface area contributed by atoms with Crippen molar-refractivity contribution in [3.63, 3.8) is 0 Å². The molecule has 0 saturated carbocycles. The minimum Gasteiger partial charge on any atom is -0.335 e. The van der Waals surface area contributed by atoms with Gasteiger partial charge in [-0.25, -0.2) is 4.68 Å². The minimum atomic E-state index is -4.91. The zero-order valence-corrected chi connectivity index (χ0v) is 11.9. The molecule has 1 aromatic heterocycles. The molecule has 1 heterocycles. The van der Waals surface area contributed by atoms with Crippen molar-refractivity contribution in [2.75, 3.05) is 5.84 Å². The number of nitrogen functional groups attached to an aromatic ring is 1. The van der Waals surface area contributed by atoms with Crippen molar-refractivity contribution in [1.29, 1.82) is 0 Å². The van der Waals surface area contributed by atoms with Crippen molar-refractivity contribution in [2.24, 2.45) is 0 Å². The number of nitrogens with two attached hydrogens (primary N) is 1. The van der Waals surface area contributed by atoms with Crippen LogP contribution < -0.4 is 5.84 Å². The second-order valence-corrected chi connectivity index (χ2v) is 5.22. The summed E-state index contributed by atoms with van der Waals surface area (Å²) in [7, 11) is 0. The summed E-state index contributed by atoms with van der Waals surface area (Å²) in [6, 6.07) is 1.56. The molecule has 0 aliphatic rings. The summed E-state index contributed by atoms with van der Waals surface area (Å²) in [6.07, 6.45) is -9.72. The third-order valence-electron chi connectivity index (χ3n) is 2.60. The fourth-order valence-electron chi connectivity index (χ4n) is 1.56. The lowest BCUT2D eigenvalue weighted by Gasteiger charge is -2.09. The summed E-state index contributed by atoms with van der Waals surface area (Å²) >= 11 is 0.281. The Balaban J connectivity index is 2.44. The maximum absolute atomic E-state index is 12.6. The van der Waals surface area contributed by atoms with Crippen molar-refractivity contribution in [1.82, 2.24) is 14.9 Å². The normalized spacial score (nSPS) is 12.4. The third-order valence-corrected chi connectivity index (χ3v) is 3.63. The highest BCUT2D eigenvalue weighted by Gasteiger charge is 2.39. The SMILES string of the molecule is Nn1c(Sc2ccc(C(F)(F)F)cc2[N+](=O)[O-])nnc1C(F)(F)F. The number of nitro groups is 1. The van der Waals surface area contributed by atoms with E-state index in [1.807, 2.05) is 0 Å². The Kier molecular flexibility index (Phi) is 4.34.